The van der Waals surface area contributed by atoms with Crippen LogP contribution in [0.5, 0.6) is 0 Å². The quantitative estimate of drug-likeness (QED) is 0.131. The third-order valence-electron chi connectivity index (χ3n) is 9.93. The Morgan fingerprint density at radius 2 is 1.02 bits per heavy atom. The van der Waals surface area contributed by atoms with Crippen LogP contribution in [-0.4, -0.2) is 0 Å². The van der Waals surface area contributed by atoms with Gasteiger partial charge < -0.3 is 16.2 Å². The first kappa shape index (κ1) is 30.3. The summed E-state index contributed by atoms with van der Waals surface area (Å²) >= 11 is 0. The minimum Gasteiger partial charge on any atom is -0.355 e. The van der Waals surface area contributed by atoms with Gasteiger partial charge in [-0.15, -0.1) is 0 Å². The van der Waals surface area contributed by atoms with Gasteiger partial charge in [-0.05, 0) is 88.2 Å². The van der Waals surface area contributed by atoms with Gasteiger partial charge in [0.2, 0.25) is 0 Å². The molecule has 238 valence electrons. The highest BCUT2D eigenvalue weighted by molar-refractivity contribution is 5.87. The summed E-state index contributed by atoms with van der Waals surface area (Å²) in [6.07, 6.45) is 1.14. The molecule has 3 heteroatoms. The second-order valence-corrected chi connectivity index (χ2v) is 13.0. The molecule has 49 heavy (non-hydrogen) atoms. The van der Waals surface area contributed by atoms with Crippen molar-refractivity contribution >= 4 is 22.7 Å². The molecule has 1 aliphatic carbocycles. The Hall–Kier alpha value is -6.06. The maximum absolute atomic E-state index is 3.64. The average Bonchev–Trinajstić information content (AvgIpc) is 3.86. The van der Waals surface area contributed by atoms with Crippen LogP contribution in [0.2, 0.25) is 0 Å². The van der Waals surface area contributed by atoms with E-state index in [1.54, 1.807) is 0 Å². The zero-order valence-corrected chi connectivity index (χ0v) is 27.6. The summed E-state index contributed by atoms with van der Waals surface area (Å²) in [6.45, 7) is 2.36. The molecular weight excluding hydrogens is 595 g/mol. The second kappa shape index (κ2) is 13.2. The van der Waals surface area contributed by atoms with Crippen molar-refractivity contribution < 1.29 is 0 Å². The summed E-state index contributed by atoms with van der Waals surface area (Å²) in [5.74, 6) is 0.578. The van der Waals surface area contributed by atoms with Crippen LogP contribution in [0.15, 0.2) is 182 Å². The topological polar surface area (TPSA) is 36.1 Å². The summed E-state index contributed by atoms with van der Waals surface area (Å²) in [4.78, 5) is 0. The van der Waals surface area contributed by atoms with Crippen LogP contribution >= 0.6 is 0 Å². The van der Waals surface area contributed by atoms with Gasteiger partial charge in [-0.25, -0.2) is 0 Å². The van der Waals surface area contributed by atoms with Gasteiger partial charge in [0.1, 0.15) is 0 Å². The van der Waals surface area contributed by atoms with E-state index in [0.29, 0.717) is 5.92 Å². The molecule has 2 unspecified atom stereocenters. The van der Waals surface area contributed by atoms with Crippen molar-refractivity contribution in [3.63, 3.8) is 0 Å². The van der Waals surface area contributed by atoms with Crippen LogP contribution in [0.25, 0.3) is 33.4 Å². The van der Waals surface area contributed by atoms with E-state index in [2.05, 4.69) is 199 Å². The SMILES string of the molecule is CC1CC1(c1ccccc1)c1ccccc1NNc1ccc(-c2cccc(-c3ccccc3Nc3ccccc3)c2)cc1-c1ccccc1. The monoisotopic (exact) mass is 633 g/mol. The molecule has 0 saturated heterocycles. The van der Waals surface area contributed by atoms with E-state index in [0.717, 1.165) is 51.4 Å². The molecule has 0 heterocycles. The van der Waals surface area contributed by atoms with E-state index in [1.807, 2.05) is 6.07 Å². The van der Waals surface area contributed by atoms with Crippen molar-refractivity contribution in [2.75, 3.05) is 16.2 Å². The number of hydrogen-bond donors (Lipinski definition) is 3. The third kappa shape index (κ3) is 6.08. The molecule has 0 aliphatic heterocycles. The minimum atomic E-state index is 0.0267. The first-order valence-electron chi connectivity index (χ1n) is 17.1. The van der Waals surface area contributed by atoms with Crippen LogP contribution < -0.4 is 16.2 Å². The number of rotatable bonds is 10. The Morgan fingerprint density at radius 3 is 1.78 bits per heavy atom. The fourth-order valence-corrected chi connectivity index (χ4v) is 7.29. The van der Waals surface area contributed by atoms with Gasteiger partial charge in [0.05, 0.1) is 11.4 Å². The van der Waals surface area contributed by atoms with Gasteiger partial charge in [0.15, 0.2) is 0 Å². The molecule has 7 aromatic carbocycles. The van der Waals surface area contributed by atoms with E-state index in [1.165, 1.54) is 22.3 Å². The average molecular weight is 634 g/mol. The summed E-state index contributed by atoms with van der Waals surface area (Å²) < 4.78 is 0. The van der Waals surface area contributed by atoms with Gasteiger partial charge >= 0.3 is 0 Å². The molecule has 1 aliphatic rings. The van der Waals surface area contributed by atoms with E-state index in [9.17, 15) is 0 Å². The predicted octanol–water partition coefficient (Wildman–Crippen LogP) is 12.2. The molecule has 7 aromatic rings. The van der Waals surface area contributed by atoms with Crippen LogP contribution in [0.1, 0.15) is 24.5 Å². The van der Waals surface area contributed by atoms with Crippen molar-refractivity contribution in [3.05, 3.63) is 193 Å². The fraction of sp³-hybridized carbons (Fsp3) is 0.0870. The smallest absolute Gasteiger partial charge is 0.0618 e. The van der Waals surface area contributed by atoms with Crippen LogP contribution in [0, 0.1) is 5.92 Å². The highest BCUT2D eigenvalue weighted by Crippen LogP contribution is 2.60. The van der Waals surface area contributed by atoms with Gasteiger partial charge in [-0.1, -0.05) is 146 Å². The molecule has 1 saturated carbocycles. The Labute approximate surface area is 289 Å². The van der Waals surface area contributed by atoms with Crippen molar-refractivity contribution in [2.24, 2.45) is 5.92 Å². The standard InChI is InChI=1S/C46H39N3/c1-33-32-46(33,38-20-7-3-8-21-38)42-25-12-14-27-45(42)49-48-44-29-28-36(31-41(44)34-16-5-2-6-17-34)35-18-15-19-37(30-35)40-24-11-13-26-43(40)47-39-22-9-4-10-23-39/h2-31,33,47-49H,32H2,1H3. The van der Waals surface area contributed by atoms with Crippen molar-refractivity contribution in [1.29, 1.82) is 0 Å². The molecule has 3 nitrogen and oxygen atoms in total. The molecule has 0 radical (unpaired) electrons. The lowest BCUT2D eigenvalue weighted by molar-refractivity contribution is 0.751. The largest absolute Gasteiger partial charge is 0.355 e. The zero-order chi connectivity index (χ0) is 33.0. The van der Waals surface area contributed by atoms with Gasteiger partial charge in [-0.2, -0.15) is 0 Å². The molecule has 1 fully saturated rings. The van der Waals surface area contributed by atoms with Gasteiger partial charge in [0.25, 0.3) is 0 Å². The van der Waals surface area contributed by atoms with Gasteiger partial charge in [0, 0.05) is 27.9 Å². The van der Waals surface area contributed by atoms with E-state index >= 15 is 0 Å². The first-order valence-corrected chi connectivity index (χ1v) is 17.1. The predicted molar refractivity (Wildman–Crippen MR) is 207 cm³/mol. The molecule has 0 aromatic heterocycles. The highest BCUT2D eigenvalue weighted by Gasteiger charge is 2.54. The Kier molecular flexibility index (Phi) is 8.17. The number of nitrogens with one attached hydrogen (secondary N) is 3. The highest BCUT2D eigenvalue weighted by atomic mass is 15.4. The number of hydrogen-bond acceptors (Lipinski definition) is 3. The van der Waals surface area contributed by atoms with Crippen LogP contribution in [0.3, 0.4) is 0 Å². The second-order valence-electron chi connectivity index (χ2n) is 13.0. The number of anilines is 4. The Bertz CT molecular complexity index is 2190. The van der Waals surface area contributed by atoms with Crippen molar-refractivity contribution in [3.8, 4) is 33.4 Å². The summed E-state index contributed by atoms with van der Waals surface area (Å²) in [5.41, 5.74) is 21.2. The first-order chi connectivity index (χ1) is 24.2. The number of para-hydroxylation sites is 3. The van der Waals surface area contributed by atoms with Crippen molar-refractivity contribution in [1.82, 2.24) is 0 Å². The Balaban J connectivity index is 1.12. The lowest BCUT2D eigenvalue weighted by atomic mass is 9.85. The molecule has 0 amide bonds. The van der Waals surface area contributed by atoms with Gasteiger partial charge in [-0.3, -0.25) is 0 Å². The molecule has 0 spiro atoms. The lowest BCUT2D eigenvalue weighted by Crippen LogP contribution is -2.17. The van der Waals surface area contributed by atoms with Crippen LogP contribution in [0.4, 0.5) is 22.7 Å². The normalized spacial score (nSPS) is 16.5. The van der Waals surface area contributed by atoms with Crippen LogP contribution in [-0.2, 0) is 5.41 Å². The number of hydrazine groups is 1. The zero-order valence-electron chi connectivity index (χ0n) is 27.6. The summed E-state index contributed by atoms with van der Waals surface area (Å²) in [7, 11) is 0. The van der Waals surface area contributed by atoms with E-state index < -0.39 is 0 Å². The Morgan fingerprint density at radius 1 is 0.449 bits per heavy atom. The molecule has 0 bridgehead atoms. The fourth-order valence-electron chi connectivity index (χ4n) is 7.29. The molecule has 8 rings (SSSR count). The molecule has 3 N–H and O–H groups in total. The maximum atomic E-state index is 3.64. The maximum Gasteiger partial charge on any atom is 0.0618 e. The van der Waals surface area contributed by atoms with E-state index in [4.69, 9.17) is 0 Å². The van der Waals surface area contributed by atoms with E-state index in [-0.39, 0.29) is 5.41 Å². The summed E-state index contributed by atoms with van der Waals surface area (Å²) in [5, 5.41) is 3.61. The minimum absolute atomic E-state index is 0.0267. The molecular formula is C46H39N3. The van der Waals surface area contributed by atoms with Crippen molar-refractivity contribution in [2.45, 2.75) is 18.8 Å². The third-order valence-corrected chi connectivity index (χ3v) is 9.93. The lowest BCUT2D eigenvalue weighted by Gasteiger charge is -2.23. The molecule has 2 atom stereocenters. The number of benzene rings is 7. The summed E-state index contributed by atoms with van der Waals surface area (Å²) in [6, 6.07) is 64.7.